The van der Waals surface area contributed by atoms with E-state index < -0.39 is 0 Å². The van der Waals surface area contributed by atoms with Crippen LogP contribution in [0.25, 0.3) is 0 Å². The highest BCUT2D eigenvalue weighted by Gasteiger charge is 1.95. The van der Waals surface area contributed by atoms with Crippen molar-refractivity contribution < 1.29 is 4.79 Å². The molecule has 0 aromatic heterocycles. The molecule has 1 fully saturated rings. The molecule has 0 aromatic carbocycles. The zero-order chi connectivity index (χ0) is 7.82. The first-order chi connectivity index (χ1) is 4.77. The standard InChI is InChI=1S/C5H10.C3H7NO/c1-2-4-5-3-1;1-2-3(4)5/h1-5H2;2H2,1H3,(H2,4,5). The van der Waals surface area contributed by atoms with Crippen molar-refractivity contribution in [2.75, 3.05) is 0 Å². The summed E-state index contributed by atoms with van der Waals surface area (Å²) in [5.74, 6) is -0.245. The second kappa shape index (κ2) is 6.59. The summed E-state index contributed by atoms with van der Waals surface area (Å²) >= 11 is 0. The van der Waals surface area contributed by atoms with Crippen LogP contribution in [0, 0.1) is 0 Å². The summed E-state index contributed by atoms with van der Waals surface area (Å²) < 4.78 is 0. The summed E-state index contributed by atoms with van der Waals surface area (Å²) in [6, 6.07) is 0. The highest BCUT2D eigenvalue weighted by molar-refractivity contribution is 5.73. The molecule has 1 saturated carbocycles. The molecule has 60 valence electrons. The molecule has 1 rings (SSSR count). The number of rotatable bonds is 1. The predicted molar refractivity (Wildman–Crippen MR) is 42.6 cm³/mol. The Morgan fingerprint density at radius 2 is 1.40 bits per heavy atom. The predicted octanol–water partition coefficient (Wildman–Crippen LogP) is 1.83. The Kier molecular flexibility index (Phi) is 6.24. The Balaban J connectivity index is 0.000000162. The van der Waals surface area contributed by atoms with Crippen LogP contribution in [0.5, 0.6) is 0 Å². The zero-order valence-corrected chi connectivity index (χ0v) is 6.73. The quantitative estimate of drug-likeness (QED) is 0.598. The van der Waals surface area contributed by atoms with Gasteiger partial charge >= 0.3 is 0 Å². The third-order valence-corrected chi connectivity index (χ3v) is 1.60. The first-order valence-corrected chi connectivity index (χ1v) is 4.05. The van der Waals surface area contributed by atoms with Crippen LogP contribution in [0.3, 0.4) is 0 Å². The van der Waals surface area contributed by atoms with E-state index in [1.165, 1.54) is 32.1 Å². The van der Waals surface area contributed by atoms with Gasteiger partial charge in [-0.2, -0.15) is 0 Å². The molecule has 0 spiro atoms. The Morgan fingerprint density at radius 1 is 1.20 bits per heavy atom. The first-order valence-electron chi connectivity index (χ1n) is 4.05. The van der Waals surface area contributed by atoms with Crippen LogP contribution in [0.15, 0.2) is 0 Å². The Labute approximate surface area is 62.8 Å². The van der Waals surface area contributed by atoms with Gasteiger partial charge in [-0.05, 0) is 0 Å². The fourth-order valence-corrected chi connectivity index (χ4v) is 0.884. The van der Waals surface area contributed by atoms with Gasteiger partial charge in [0.05, 0.1) is 0 Å². The fraction of sp³-hybridized carbons (Fsp3) is 0.875. The van der Waals surface area contributed by atoms with E-state index in [9.17, 15) is 4.79 Å². The number of nitrogens with two attached hydrogens (primary N) is 1. The molecule has 0 aliphatic heterocycles. The number of hydrogen-bond acceptors (Lipinski definition) is 1. The molecular formula is C8H17NO. The van der Waals surface area contributed by atoms with Crippen molar-refractivity contribution in [1.29, 1.82) is 0 Å². The topological polar surface area (TPSA) is 43.1 Å². The van der Waals surface area contributed by atoms with E-state index in [2.05, 4.69) is 5.73 Å². The lowest BCUT2D eigenvalue weighted by atomic mass is 10.4. The van der Waals surface area contributed by atoms with Gasteiger partial charge < -0.3 is 5.73 Å². The monoisotopic (exact) mass is 143 g/mol. The molecule has 1 amide bonds. The van der Waals surface area contributed by atoms with E-state index in [0.717, 1.165) is 0 Å². The van der Waals surface area contributed by atoms with E-state index in [4.69, 9.17) is 0 Å². The molecule has 2 heteroatoms. The van der Waals surface area contributed by atoms with E-state index in [1.54, 1.807) is 6.92 Å². The Bertz CT molecular complexity index is 79.6. The van der Waals surface area contributed by atoms with Crippen molar-refractivity contribution >= 4 is 5.91 Å². The van der Waals surface area contributed by atoms with Gasteiger partial charge in [0.15, 0.2) is 0 Å². The molecule has 0 unspecified atom stereocenters. The van der Waals surface area contributed by atoms with E-state index >= 15 is 0 Å². The first kappa shape index (κ1) is 9.47. The second-order valence-electron chi connectivity index (χ2n) is 2.59. The minimum absolute atomic E-state index is 0.245. The van der Waals surface area contributed by atoms with Gasteiger partial charge in [0.2, 0.25) is 5.91 Å². The molecular weight excluding hydrogens is 126 g/mol. The average Bonchev–Trinajstić information content (AvgIpc) is 2.43. The summed E-state index contributed by atoms with van der Waals surface area (Å²) in [6.45, 7) is 1.72. The SMILES string of the molecule is C1CCCC1.CCC(N)=O. The summed E-state index contributed by atoms with van der Waals surface area (Å²) in [4.78, 5) is 9.59. The molecule has 2 N–H and O–H groups in total. The highest BCUT2D eigenvalue weighted by Crippen LogP contribution is 2.15. The largest absolute Gasteiger partial charge is 0.370 e. The molecule has 1 aliphatic carbocycles. The summed E-state index contributed by atoms with van der Waals surface area (Å²) in [6.07, 6.45) is 7.94. The molecule has 0 aromatic rings. The van der Waals surface area contributed by atoms with Crippen molar-refractivity contribution in [1.82, 2.24) is 0 Å². The number of primary amides is 1. The second-order valence-corrected chi connectivity index (χ2v) is 2.59. The van der Waals surface area contributed by atoms with Gasteiger partial charge in [0.25, 0.3) is 0 Å². The summed E-state index contributed by atoms with van der Waals surface area (Å²) in [7, 11) is 0. The Morgan fingerprint density at radius 3 is 1.50 bits per heavy atom. The normalized spacial score (nSPS) is 15.7. The van der Waals surface area contributed by atoms with Gasteiger partial charge in [0, 0.05) is 6.42 Å². The molecule has 0 heterocycles. The van der Waals surface area contributed by atoms with Crippen LogP contribution in [0.2, 0.25) is 0 Å². The maximum atomic E-state index is 9.59. The third-order valence-electron chi connectivity index (χ3n) is 1.60. The zero-order valence-electron chi connectivity index (χ0n) is 6.73. The van der Waals surface area contributed by atoms with E-state index in [0.29, 0.717) is 6.42 Å². The molecule has 1 aliphatic rings. The van der Waals surface area contributed by atoms with Crippen LogP contribution in [0.4, 0.5) is 0 Å². The van der Waals surface area contributed by atoms with Crippen LogP contribution in [-0.2, 0) is 4.79 Å². The molecule has 0 radical (unpaired) electrons. The minimum Gasteiger partial charge on any atom is -0.370 e. The lowest BCUT2D eigenvalue weighted by Crippen LogP contribution is -2.06. The lowest BCUT2D eigenvalue weighted by molar-refractivity contribution is -0.117. The van der Waals surface area contributed by atoms with Crippen molar-refractivity contribution in [3.63, 3.8) is 0 Å². The number of hydrogen-bond donors (Lipinski definition) is 1. The smallest absolute Gasteiger partial charge is 0.217 e. The molecule has 0 atom stereocenters. The lowest BCUT2D eigenvalue weighted by Gasteiger charge is -1.73. The van der Waals surface area contributed by atoms with Gasteiger partial charge in [0.1, 0.15) is 0 Å². The number of amides is 1. The van der Waals surface area contributed by atoms with Crippen LogP contribution in [-0.4, -0.2) is 5.91 Å². The Hall–Kier alpha value is -0.530. The summed E-state index contributed by atoms with van der Waals surface area (Å²) in [5.41, 5.74) is 4.65. The van der Waals surface area contributed by atoms with Gasteiger partial charge in [-0.25, -0.2) is 0 Å². The van der Waals surface area contributed by atoms with Crippen molar-refractivity contribution in [3.05, 3.63) is 0 Å². The molecule has 2 nitrogen and oxygen atoms in total. The number of carbonyl (C=O) groups excluding carboxylic acids is 1. The van der Waals surface area contributed by atoms with Gasteiger partial charge in [-0.1, -0.05) is 39.0 Å². The van der Waals surface area contributed by atoms with Crippen molar-refractivity contribution in [3.8, 4) is 0 Å². The highest BCUT2D eigenvalue weighted by atomic mass is 16.1. The van der Waals surface area contributed by atoms with Crippen LogP contribution < -0.4 is 5.73 Å². The maximum absolute atomic E-state index is 9.59. The minimum atomic E-state index is -0.245. The third kappa shape index (κ3) is 7.47. The molecule has 0 saturated heterocycles. The summed E-state index contributed by atoms with van der Waals surface area (Å²) in [5, 5.41) is 0. The van der Waals surface area contributed by atoms with E-state index in [-0.39, 0.29) is 5.91 Å². The van der Waals surface area contributed by atoms with E-state index in [1.807, 2.05) is 0 Å². The molecule has 10 heavy (non-hydrogen) atoms. The van der Waals surface area contributed by atoms with Crippen LogP contribution in [0.1, 0.15) is 45.4 Å². The molecule has 0 bridgehead atoms. The van der Waals surface area contributed by atoms with Gasteiger partial charge in [-0.3, -0.25) is 4.79 Å². The van der Waals surface area contributed by atoms with Gasteiger partial charge in [-0.15, -0.1) is 0 Å². The van der Waals surface area contributed by atoms with Crippen molar-refractivity contribution in [2.45, 2.75) is 45.4 Å². The maximum Gasteiger partial charge on any atom is 0.217 e. The fourth-order valence-electron chi connectivity index (χ4n) is 0.884. The van der Waals surface area contributed by atoms with Crippen molar-refractivity contribution in [2.24, 2.45) is 5.73 Å². The van der Waals surface area contributed by atoms with Crippen LogP contribution >= 0.6 is 0 Å². The average molecular weight is 143 g/mol. The number of carbonyl (C=O) groups is 1.